The second-order valence-electron chi connectivity index (χ2n) is 5.79. The average Bonchev–Trinajstić information content (AvgIpc) is 2.91. The van der Waals surface area contributed by atoms with Crippen LogP contribution in [0, 0.1) is 10.1 Å². The lowest BCUT2D eigenvalue weighted by Crippen LogP contribution is -2.26. The van der Waals surface area contributed by atoms with E-state index < -0.39 is 4.92 Å². The summed E-state index contributed by atoms with van der Waals surface area (Å²) in [6.07, 6.45) is 5.56. The van der Waals surface area contributed by atoms with Crippen LogP contribution in [0.15, 0.2) is 30.6 Å². The second-order valence-corrected chi connectivity index (χ2v) is 5.79. The molecule has 132 valence electrons. The Morgan fingerprint density at radius 2 is 1.68 bits per heavy atom. The van der Waals surface area contributed by atoms with Gasteiger partial charge >= 0.3 is 11.6 Å². The number of nitrogens with zero attached hydrogens (tertiary/aromatic N) is 4. The summed E-state index contributed by atoms with van der Waals surface area (Å²) in [5.74, 6) is 1.40. The monoisotopic (exact) mass is 344 g/mol. The number of anilines is 1. The van der Waals surface area contributed by atoms with Gasteiger partial charge in [-0.25, -0.2) is 4.98 Å². The molecule has 8 heteroatoms. The number of methoxy groups -OCH3 is 1. The van der Waals surface area contributed by atoms with Crippen LogP contribution in [-0.2, 0) is 0 Å². The molecule has 2 aromatic rings. The minimum absolute atomic E-state index is 0.0515. The molecule has 0 radical (unpaired) electrons. The maximum Gasteiger partial charge on any atom is 0.373 e. The van der Waals surface area contributed by atoms with Crippen molar-refractivity contribution in [2.24, 2.45) is 0 Å². The van der Waals surface area contributed by atoms with E-state index in [1.807, 2.05) is 4.90 Å². The summed E-state index contributed by atoms with van der Waals surface area (Å²) >= 11 is 0. The van der Waals surface area contributed by atoms with Crippen molar-refractivity contribution in [3.63, 3.8) is 0 Å². The molecule has 1 aliphatic heterocycles. The van der Waals surface area contributed by atoms with Gasteiger partial charge in [0.1, 0.15) is 17.8 Å². The van der Waals surface area contributed by atoms with E-state index in [0.717, 1.165) is 38.8 Å². The van der Waals surface area contributed by atoms with Crippen molar-refractivity contribution in [1.82, 2.24) is 9.97 Å². The molecule has 0 amide bonds. The predicted octanol–water partition coefficient (Wildman–Crippen LogP) is 3.57. The maximum atomic E-state index is 11.7. The zero-order chi connectivity index (χ0) is 17.6. The first kappa shape index (κ1) is 16.9. The van der Waals surface area contributed by atoms with Crippen LogP contribution >= 0.6 is 0 Å². The molecule has 2 heterocycles. The topological polar surface area (TPSA) is 90.6 Å². The fourth-order valence-electron chi connectivity index (χ4n) is 2.86. The SMILES string of the molecule is COc1ccc(Oc2ncnc(N3CCCCCC3)c2[N+](=O)[O-])cc1. The average molecular weight is 344 g/mol. The van der Waals surface area contributed by atoms with E-state index in [1.165, 1.54) is 6.33 Å². The number of rotatable bonds is 5. The first-order chi connectivity index (χ1) is 12.2. The Labute approximate surface area is 145 Å². The van der Waals surface area contributed by atoms with Gasteiger partial charge in [0.15, 0.2) is 0 Å². The third-order valence-electron chi connectivity index (χ3n) is 4.13. The standard InChI is InChI=1S/C17H20N4O4/c1-24-13-6-8-14(9-7-13)25-17-15(21(22)23)16(18-12-19-17)20-10-4-2-3-5-11-20/h6-9,12H,2-5,10-11H2,1H3. The van der Waals surface area contributed by atoms with E-state index in [4.69, 9.17) is 9.47 Å². The zero-order valence-electron chi connectivity index (χ0n) is 14.1. The Balaban J connectivity index is 1.92. The molecule has 1 aliphatic rings. The van der Waals surface area contributed by atoms with E-state index in [2.05, 4.69) is 9.97 Å². The van der Waals surface area contributed by atoms with Gasteiger partial charge in [0.05, 0.1) is 12.0 Å². The Morgan fingerprint density at radius 1 is 1.04 bits per heavy atom. The first-order valence-corrected chi connectivity index (χ1v) is 8.25. The van der Waals surface area contributed by atoms with Crippen molar-refractivity contribution >= 4 is 11.5 Å². The van der Waals surface area contributed by atoms with E-state index in [-0.39, 0.29) is 11.6 Å². The van der Waals surface area contributed by atoms with Crippen molar-refractivity contribution in [2.75, 3.05) is 25.1 Å². The molecule has 1 aromatic heterocycles. The Bertz CT molecular complexity index is 728. The van der Waals surface area contributed by atoms with Crippen LogP contribution in [0.2, 0.25) is 0 Å². The van der Waals surface area contributed by atoms with E-state index >= 15 is 0 Å². The molecule has 0 aliphatic carbocycles. The lowest BCUT2D eigenvalue weighted by molar-refractivity contribution is -0.385. The van der Waals surface area contributed by atoms with Gasteiger partial charge in [0, 0.05) is 13.1 Å². The van der Waals surface area contributed by atoms with E-state index in [0.29, 0.717) is 17.3 Å². The lowest BCUT2D eigenvalue weighted by atomic mass is 10.2. The molecular weight excluding hydrogens is 324 g/mol. The fraction of sp³-hybridized carbons (Fsp3) is 0.412. The number of aromatic nitrogens is 2. The summed E-state index contributed by atoms with van der Waals surface area (Å²) in [6, 6.07) is 6.79. The van der Waals surface area contributed by atoms with Crippen LogP contribution in [-0.4, -0.2) is 35.1 Å². The van der Waals surface area contributed by atoms with Crippen LogP contribution in [0.25, 0.3) is 0 Å². The Kier molecular flexibility index (Phi) is 5.27. The van der Waals surface area contributed by atoms with E-state index in [1.54, 1.807) is 31.4 Å². The Hall–Kier alpha value is -2.90. The molecule has 0 N–H and O–H groups in total. The fourth-order valence-corrected chi connectivity index (χ4v) is 2.86. The van der Waals surface area contributed by atoms with Crippen LogP contribution in [0.4, 0.5) is 11.5 Å². The minimum Gasteiger partial charge on any atom is -0.497 e. The molecule has 0 unspecified atom stereocenters. The van der Waals surface area contributed by atoms with Crippen molar-refractivity contribution < 1.29 is 14.4 Å². The van der Waals surface area contributed by atoms with Gasteiger partial charge in [-0.2, -0.15) is 4.98 Å². The second kappa shape index (κ2) is 7.78. The minimum atomic E-state index is -0.473. The summed E-state index contributed by atoms with van der Waals surface area (Å²) in [5.41, 5.74) is -0.194. The van der Waals surface area contributed by atoms with Crippen LogP contribution < -0.4 is 14.4 Å². The van der Waals surface area contributed by atoms with Crippen molar-refractivity contribution in [3.8, 4) is 17.4 Å². The van der Waals surface area contributed by atoms with Gasteiger partial charge in [0.2, 0.25) is 5.82 Å². The van der Waals surface area contributed by atoms with Gasteiger partial charge in [-0.15, -0.1) is 0 Å². The van der Waals surface area contributed by atoms with Crippen LogP contribution in [0.1, 0.15) is 25.7 Å². The normalized spacial score (nSPS) is 14.7. The first-order valence-electron chi connectivity index (χ1n) is 8.25. The third-order valence-corrected chi connectivity index (χ3v) is 4.13. The highest BCUT2D eigenvalue weighted by molar-refractivity contribution is 5.63. The molecule has 0 spiro atoms. The summed E-state index contributed by atoms with van der Waals surface area (Å²) in [6.45, 7) is 1.50. The summed E-state index contributed by atoms with van der Waals surface area (Å²) in [7, 11) is 1.57. The zero-order valence-corrected chi connectivity index (χ0v) is 14.1. The summed E-state index contributed by atoms with van der Waals surface area (Å²) in [4.78, 5) is 21.3. The van der Waals surface area contributed by atoms with Crippen LogP contribution in [0.3, 0.4) is 0 Å². The summed E-state index contributed by atoms with van der Waals surface area (Å²) < 4.78 is 10.8. The highest BCUT2D eigenvalue weighted by Crippen LogP contribution is 2.37. The number of nitro groups is 1. The quantitative estimate of drug-likeness (QED) is 0.605. The molecular formula is C17H20N4O4. The van der Waals surface area contributed by atoms with Crippen LogP contribution in [0.5, 0.6) is 17.4 Å². The molecule has 1 aromatic carbocycles. The molecule has 8 nitrogen and oxygen atoms in total. The molecule has 1 saturated heterocycles. The van der Waals surface area contributed by atoms with Gasteiger partial charge in [0.25, 0.3) is 0 Å². The van der Waals surface area contributed by atoms with Gasteiger partial charge in [-0.3, -0.25) is 10.1 Å². The largest absolute Gasteiger partial charge is 0.497 e. The molecule has 1 fully saturated rings. The molecule has 0 atom stereocenters. The van der Waals surface area contributed by atoms with Gasteiger partial charge in [-0.1, -0.05) is 12.8 Å². The number of hydrogen-bond donors (Lipinski definition) is 0. The van der Waals surface area contributed by atoms with Crippen molar-refractivity contribution in [2.45, 2.75) is 25.7 Å². The molecule has 3 rings (SSSR count). The molecule has 0 bridgehead atoms. The number of ether oxygens (including phenoxy) is 2. The van der Waals surface area contributed by atoms with E-state index in [9.17, 15) is 10.1 Å². The maximum absolute atomic E-state index is 11.7. The predicted molar refractivity (Wildman–Crippen MR) is 92.4 cm³/mol. The highest BCUT2D eigenvalue weighted by Gasteiger charge is 2.29. The van der Waals surface area contributed by atoms with Gasteiger partial charge in [-0.05, 0) is 37.1 Å². The Morgan fingerprint density at radius 3 is 2.28 bits per heavy atom. The third kappa shape index (κ3) is 3.96. The molecule has 25 heavy (non-hydrogen) atoms. The van der Waals surface area contributed by atoms with Crippen molar-refractivity contribution in [3.05, 3.63) is 40.7 Å². The number of hydrogen-bond acceptors (Lipinski definition) is 7. The highest BCUT2D eigenvalue weighted by atomic mass is 16.6. The van der Waals surface area contributed by atoms with Gasteiger partial charge < -0.3 is 14.4 Å². The molecule has 0 saturated carbocycles. The number of benzene rings is 1. The smallest absolute Gasteiger partial charge is 0.373 e. The van der Waals surface area contributed by atoms with Crippen molar-refractivity contribution in [1.29, 1.82) is 0 Å². The lowest BCUT2D eigenvalue weighted by Gasteiger charge is -2.21. The summed E-state index contributed by atoms with van der Waals surface area (Å²) in [5, 5.41) is 11.7.